The maximum absolute atomic E-state index is 12.6. The highest BCUT2D eigenvalue weighted by atomic mass is 19.3. The summed E-state index contributed by atoms with van der Waals surface area (Å²) >= 11 is 0. The van der Waals surface area contributed by atoms with Gasteiger partial charge in [-0.25, -0.2) is 4.68 Å². The van der Waals surface area contributed by atoms with Crippen LogP contribution in [0.25, 0.3) is 22.7 Å². The van der Waals surface area contributed by atoms with Gasteiger partial charge in [-0.3, -0.25) is 9.88 Å². The zero-order valence-corrected chi connectivity index (χ0v) is 17.7. The van der Waals surface area contributed by atoms with Crippen LogP contribution in [-0.4, -0.2) is 41.1 Å². The molecule has 10 heteroatoms. The molecule has 33 heavy (non-hydrogen) atoms. The van der Waals surface area contributed by atoms with E-state index in [1.807, 2.05) is 6.20 Å². The summed E-state index contributed by atoms with van der Waals surface area (Å²) in [7, 11) is 0. The van der Waals surface area contributed by atoms with Crippen LogP contribution in [0.4, 0.5) is 8.78 Å². The highest BCUT2D eigenvalue weighted by molar-refractivity contribution is 5.60. The number of hydrogen-bond donors (Lipinski definition) is 0. The monoisotopic (exact) mass is 449 g/mol. The van der Waals surface area contributed by atoms with E-state index >= 15 is 0 Å². The van der Waals surface area contributed by atoms with Crippen LogP contribution >= 0.6 is 0 Å². The van der Waals surface area contributed by atoms with Crippen molar-refractivity contribution in [1.29, 1.82) is 0 Å². The van der Waals surface area contributed by atoms with E-state index in [4.69, 9.17) is 4.42 Å². The summed E-state index contributed by atoms with van der Waals surface area (Å²) in [4.78, 5) is 6.94. The zero-order valence-electron chi connectivity index (χ0n) is 17.7. The first-order valence-corrected chi connectivity index (χ1v) is 11.0. The number of aromatic nitrogens is 6. The summed E-state index contributed by atoms with van der Waals surface area (Å²) in [6.07, 6.45) is 4.60. The van der Waals surface area contributed by atoms with Crippen molar-refractivity contribution < 1.29 is 13.2 Å². The average molecular weight is 449 g/mol. The van der Waals surface area contributed by atoms with Crippen molar-refractivity contribution in [1.82, 2.24) is 35.1 Å². The number of fused-ring (bicyclic) bond motifs is 1. The van der Waals surface area contributed by atoms with Crippen molar-refractivity contribution in [2.24, 2.45) is 0 Å². The molecule has 0 unspecified atom stereocenters. The second-order valence-electron chi connectivity index (χ2n) is 8.56. The lowest BCUT2D eigenvalue weighted by molar-refractivity contribution is 0.116. The van der Waals surface area contributed by atoms with Gasteiger partial charge in [0.25, 0.3) is 5.89 Å². The molecule has 0 spiro atoms. The Bertz CT molecular complexity index is 1280. The van der Waals surface area contributed by atoms with Gasteiger partial charge >= 0.3 is 6.43 Å². The molecule has 0 amide bonds. The first-order valence-electron chi connectivity index (χ1n) is 11.0. The van der Waals surface area contributed by atoms with Gasteiger partial charge in [-0.05, 0) is 42.2 Å². The molecule has 168 valence electrons. The molecule has 6 rings (SSSR count). The second-order valence-corrected chi connectivity index (χ2v) is 8.56. The van der Waals surface area contributed by atoms with E-state index in [9.17, 15) is 8.78 Å². The van der Waals surface area contributed by atoms with Gasteiger partial charge < -0.3 is 4.42 Å². The number of halogens is 2. The fraction of sp³-hybridized carbons (Fsp3) is 0.348. The number of rotatable bonds is 6. The Morgan fingerprint density at radius 3 is 2.58 bits per heavy atom. The van der Waals surface area contributed by atoms with Gasteiger partial charge in [0, 0.05) is 30.9 Å². The molecule has 0 atom stereocenters. The van der Waals surface area contributed by atoms with Crippen molar-refractivity contribution in [2.45, 2.75) is 51.4 Å². The van der Waals surface area contributed by atoms with Gasteiger partial charge in [0.2, 0.25) is 5.89 Å². The Morgan fingerprint density at radius 1 is 1.00 bits per heavy atom. The van der Waals surface area contributed by atoms with Crippen molar-refractivity contribution in [3.8, 4) is 22.7 Å². The number of benzene rings is 1. The molecule has 1 saturated carbocycles. The second kappa shape index (κ2) is 8.11. The van der Waals surface area contributed by atoms with Crippen molar-refractivity contribution in [3.63, 3.8) is 0 Å². The number of hydrogen-bond acceptors (Lipinski definition) is 7. The smallest absolute Gasteiger partial charge is 0.314 e. The molecule has 4 aromatic rings. The minimum absolute atomic E-state index is 0.0138. The molecule has 1 fully saturated rings. The predicted molar refractivity (Wildman–Crippen MR) is 114 cm³/mol. The van der Waals surface area contributed by atoms with Gasteiger partial charge in [0.15, 0.2) is 0 Å². The predicted octanol–water partition coefficient (Wildman–Crippen LogP) is 4.24. The molecule has 0 radical (unpaired) electrons. The van der Waals surface area contributed by atoms with Crippen LogP contribution in [0.15, 0.2) is 47.1 Å². The van der Waals surface area contributed by atoms with Crippen LogP contribution in [-0.2, 0) is 19.6 Å². The molecule has 8 nitrogen and oxygen atoms in total. The lowest BCUT2D eigenvalue weighted by Crippen LogP contribution is -2.36. The maximum Gasteiger partial charge on any atom is 0.314 e. The van der Waals surface area contributed by atoms with Gasteiger partial charge in [-0.15, -0.1) is 15.3 Å². The maximum atomic E-state index is 12.6. The van der Waals surface area contributed by atoms with E-state index in [0.29, 0.717) is 12.1 Å². The van der Waals surface area contributed by atoms with Gasteiger partial charge in [0.1, 0.15) is 5.69 Å². The normalized spacial score (nSPS) is 16.3. The highest BCUT2D eigenvalue weighted by Gasteiger charge is 2.29. The van der Waals surface area contributed by atoms with Gasteiger partial charge in [-0.2, -0.15) is 8.78 Å². The van der Waals surface area contributed by atoms with E-state index in [-0.39, 0.29) is 5.89 Å². The molecule has 1 aliphatic heterocycles. The highest BCUT2D eigenvalue weighted by Crippen LogP contribution is 2.34. The summed E-state index contributed by atoms with van der Waals surface area (Å²) in [5.41, 5.74) is 5.89. The SMILES string of the molecule is FC(F)c1nnc(-c2ccc(Cn3cc(-c4ccc5c(c4)CN(C4CCC4)C5)nn3)nc2)o1. The third kappa shape index (κ3) is 3.91. The van der Waals surface area contributed by atoms with Gasteiger partial charge in [0.05, 0.1) is 24.0 Å². The van der Waals surface area contributed by atoms with Crippen LogP contribution < -0.4 is 0 Å². The lowest BCUT2D eigenvalue weighted by Gasteiger charge is -2.34. The molecule has 0 saturated heterocycles. The number of alkyl halides is 2. The summed E-state index contributed by atoms with van der Waals surface area (Å²) in [5, 5.41) is 15.6. The van der Waals surface area contributed by atoms with Crippen molar-refractivity contribution >= 4 is 0 Å². The molecule has 1 aliphatic carbocycles. The Kier molecular flexibility index (Phi) is 4.94. The van der Waals surface area contributed by atoms with E-state index in [2.05, 4.69) is 48.6 Å². The molecule has 4 heterocycles. The first-order chi connectivity index (χ1) is 16.1. The largest absolute Gasteiger partial charge is 0.415 e. The molecule has 1 aromatic carbocycles. The Labute approximate surface area is 188 Å². The first kappa shape index (κ1) is 20.1. The van der Waals surface area contributed by atoms with E-state index in [0.717, 1.165) is 36.1 Å². The zero-order chi connectivity index (χ0) is 22.4. The minimum Gasteiger partial charge on any atom is -0.415 e. The Morgan fingerprint density at radius 2 is 1.85 bits per heavy atom. The van der Waals surface area contributed by atoms with Crippen LogP contribution in [0.1, 0.15) is 48.4 Å². The topological polar surface area (TPSA) is 85.8 Å². The summed E-state index contributed by atoms with van der Waals surface area (Å²) < 4.78 is 31.9. The molecule has 2 aliphatic rings. The molecule has 0 bridgehead atoms. The van der Waals surface area contributed by atoms with Gasteiger partial charge in [-0.1, -0.05) is 23.8 Å². The van der Waals surface area contributed by atoms with Crippen LogP contribution in [0.2, 0.25) is 0 Å². The summed E-state index contributed by atoms with van der Waals surface area (Å²) in [6.45, 7) is 2.48. The fourth-order valence-electron chi connectivity index (χ4n) is 4.35. The van der Waals surface area contributed by atoms with Crippen molar-refractivity contribution in [2.75, 3.05) is 0 Å². The van der Waals surface area contributed by atoms with E-state index < -0.39 is 12.3 Å². The third-order valence-electron chi connectivity index (χ3n) is 6.40. The molecule has 0 N–H and O–H groups in total. The molecular weight excluding hydrogens is 428 g/mol. The fourth-order valence-corrected chi connectivity index (χ4v) is 4.35. The summed E-state index contributed by atoms with van der Waals surface area (Å²) in [6, 6.07) is 10.8. The Balaban J connectivity index is 1.14. The Hall–Kier alpha value is -3.53. The molecular formula is C23H21F2N7O. The third-order valence-corrected chi connectivity index (χ3v) is 6.40. The van der Waals surface area contributed by atoms with Crippen LogP contribution in [0.5, 0.6) is 0 Å². The molecule has 3 aromatic heterocycles. The summed E-state index contributed by atoms with van der Waals surface area (Å²) in [5.74, 6) is -0.689. The quantitative estimate of drug-likeness (QED) is 0.435. The van der Waals surface area contributed by atoms with Crippen molar-refractivity contribution in [3.05, 3.63) is 65.4 Å². The standard InChI is InChI=1S/C23H21F2N7O/c24-21(25)23-29-28-22(33-23)15-6-7-18(26-9-15)12-32-13-20(27-30-32)14-4-5-16-10-31(11-17(16)8-14)19-2-1-3-19/h4-9,13,19,21H,1-3,10-12H2. The van der Waals surface area contributed by atoms with Crippen LogP contribution in [0, 0.1) is 0 Å². The number of nitrogens with zero attached hydrogens (tertiary/aromatic N) is 7. The lowest BCUT2D eigenvalue weighted by atomic mass is 9.92. The van der Waals surface area contributed by atoms with Crippen LogP contribution in [0.3, 0.4) is 0 Å². The van der Waals surface area contributed by atoms with E-state index in [1.165, 1.54) is 36.6 Å². The minimum atomic E-state index is -2.80. The number of pyridine rings is 1. The average Bonchev–Trinajstić information content (AvgIpc) is 3.52. The van der Waals surface area contributed by atoms with E-state index in [1.54, 1.807) is 16.8 Å².